The van der Waals surface area contributed by atoms with Crippen LogP contribution in [0.4, 0.5) is 18.9 Å². The van der Waals surface area contributed by atoms with Gasteiger partial charge in [0.25, 0.3) is 10.0 Å². The van der Waals surface area contributed by atoms with Gasteiger partial charge in [-0.15, -0.1) is 0 Å². The molecule has 0 aliphatic rings. The van der Waals surface area contributed by atoms with Crippen LogP contribution < -0.4 is 9.62 Å². The molecule has 2 amide bonds. The Bertz CT molecular complexity index is 1860. The number of halogens is 6. The molecule has 0 saturated heterocycles. The fraction of sp³-hybridized carbons (Fsp3) is 0.257. The third kappa shape index (κ3) is 9.48. The van der Waals surface area contributed by atoms with Crippen molar-refractivity contribution >= 4 is 62.3 Å². The quantitative estimate of drug-likeness (QED) is 0.149. The van der Waals surface area contributed by atoms with E-state index in [1.165, 1.54) is 24.3 Å². The lowest BCUT2D eigenvalue weighted by atomic mass is 10.0. The third-order valence-electron chi connectivity index (χ3n) is 7.81. The fourth-order valence-electron chi connectivity index (χ4n) is 4.96. The van der Waals surface area contributed by atoms with E-state index in [9.17, 15) is 31.2 Å². The van der Waals surface area contributed by atoms with Crippen LogP contribution in [-0.2, 0) is 38.8 Å². The minimum absolute atomic E-state index is 0.00662. The molecule has 14 heteroatoms. The van der Waals surface area contributed by atoms with Gasteiger partial charge in [-0.1, -0.05) is 96.3 Å². The molecule has 0 aliphatic heterocycles. The predicted molar refractivity (Wildman–Crippen MR) is 186 cm³/mol. The van der Waals surface area contributed by atoms with Crippen molar-refractivity contribution in [3.63, 3.8) is 0 Å². The van der Waals surface area contributed by atoms with Crippen LogP contribution >= 0.6 is 34.8 Å². The van der Waals surface area contributed by atoms with Gasteiger partial charge in [-0.05, 0) is 61.4 Å². The molecule has 4 aromatic carbocycles. The van der Waals surface area contributed by atoms with Gasteiger partial charge >= 0.3 is 6.18 Å². The number of carbonyl (C=O) groups excluding carboxylic acids is 2. The summed E-state index contributed by atoms with van der Waals surface area (Å²) in [7, 11) is -4.70. The number of hydrogen-bond donors (Lipinski definition) is 1. The van der Waals surface area contributed by atoms with Crippen LogP contribution in [0, 0.1) is 0 Å². The maximum atomic E-state index is 14.6. The number of amides is 2. The zero-order chi connectivity index (χ0) is 35.9. The average molecular weight is 755 g/mol. The zero-order valence-electron chi connectivity index (χ0n) is 26.4. The highest BCUT2D eigenvalue weighted by Crippen LogP contribution is 2.38. The number of carbonyl (C=O) groups is 2. The summed E-state index contributed by atoms with van der Waals surface area (Å²) >= 11 is 19.4. The first-order valence-electron chi connectivity index (χ1n) is 15.1. The van der Waals surface area contributed by atoms with Crippen molar-refractivity contribution in [2.45, 2.75) is 56.4 Å². The molecular formula is C35H33Cl3F3N3O4S. The van der Waals surface area contributed by atoms with E-state index >= 15 is 0 Å². The highest BCUT2D eigenvalue weighted by molar-refractivity contribution is 7.92. The maximum absolute atomic E-state index is 14.6. The highest BCUT2D eigenvalue weighted by Gasteiger charge is 2.38. The van der Waals surface area contributed by atoms with Gasteiger partial charge in [-0.3, -0.25) is 13.9 Å². The maximum Gasteiger partial charge on any atom is 0.416 e. The fourth-order valence-corrected chi connectivity index (χ4v) is 7.19. The van der Waals surface area contributed by atoms with Crippen LogP contribution in [0.1, 0.15) is 37.0 Å². The summed E-state index contributed by atoms with van der Waals surface area (Å²) in [5, 5.41) is 2.91. The summed E-state index contributed by atoms with van der Waals surface area (Å²) in [5.74, 6) is -1.46. The molecule has 0 radical (unpaired) electrons. The Labute approximate surface area is 298 Å². The van der Waals surface area contributed by atoms with Crippen LogP contribution in [0.3, 0.4) is 0 Å². The van der Waals surface area contributed by atoms with Crippen molar-refractivity contribution in [1.29, 1.82) is 0 Å². The number of alkyl halides is 3. The SMILES string of the molecule is CC[C@H](C)NC(=O)[C@@H](Cc1ccccc1)N(Cc1c(Cl)cccc1Cl)C(=O)CN(c1cc(C(F)(F)F)ccc1Cl)S(=O)(=O)c1ccccc1. The van der Waals surface area contributed by atoms with Crippen LogP contribution in [0.25, 0.3) is 0 Å². The standard InChI is InChI=1S/C35H33Cl3F3N3O4S/c1-3-23(2)42-34(46)32(19-24-11-6-4-7-12-24)43(21-27-28(36)15-10-16-29(27)37)33(45)22-44(49(47,48)26-13-8-5-9-14-26)31-20-25(35(39,40)41)17-18-30(31)38/h4-18,20,23,32H,3,19,21-22H2,1-2H3,(H,42,46)/t23-,32+/m0/s1. The Morgan fingerprint density at radius 1 is 0.837 bits per heavy atom. The van der Waals surface area contributed by atoms with Crippen molar-refractivity contribution in [3.05, 3.63) is 129 Å². The molecule has 0 fully saturated rings. The largest absolute Gasteiger partial charge is 0.416 e. The van der Waals surface area contributed by atoms with Crippen molar-refractivity contribution in [2.75, 3.05) is 10.8 Å². The number of hydrogen-bond acceptors (Lipinski definition) is 4. The van der Waals surface area contributed by atoms with Gasteiger partial charge in [0.15, 0.2) is 0 Å². The molecule has 0 unspecified atom stereocenters. The Hall–Kier alpha value is -3.77. The summed E-state index contributed by atoms with van der Waals surface area (Å²) in [4.78, 5) is 29.4. The van der Waals surface area contributed by atoms with Gasteiger partial charge < -0.3 is 10.2 Å². The Balaban J connectivity index is 1.91. The second kappa shape index (κ2) is 16.3. The summed E-state index contributed by atoms with van der Waals surface area (Å²) in [6, 6.07) is 21.1. The molecule has 0 aromatic heterocycles. The van der Waals surface area contributed by atoms with E-state index in [4.69, 9.17) is 34.8 Å². The van der Waals surface area contributed by atoms with Gasteiger partial charge in [-0.25, -0.2) is 8.42 Å². The minimum Gasteiger partial charge on any atom is -0.352 e. The molecule has 2 atom stereocenters. The Morgan fingerprint density at radius 3 is 2.00 bits per heavy atom. The number of anilines is 1. The molecule has 0 heterocycles. The van der Waals surface area contributed by atoms with E-state index in [0.29, 0.717) is 28.4 Å². The van der Waals surface area contributed by atoms with Crippen LogP contribution in [0.5, 0.6) is 0 Å². The van der Waals surface area contributed by atoms with Gasteiger partial charge in [0, 0.05) is 34.6 Å². The molecule has 1 N–H and O–H groups in total. The van der Waals surface area contributed by atoms with Crippen LogP contribution in [-0.4, -0.2) is 43.8 Å². The normalized spacial score (nSPS) is 13.0. The Kier molecular flexibility index (Phi) is 12.6. The molecule has 4 rings (SSSR count). The van der Waals surface area contributed by atoms with Gasteiger partial charge in [0.2, 0.25) is 11.8 Å². The lowest BCUT2D eigenvalue weighted by Crippen LogP contribution is -2.54. The summed E-state index contributed by atoms with van der Waals surface area (Å²) in [5.41, 5.74) is -0.789. The van der Waals surface area contributed by atoms with Gasteiger partial charge in [0.05, 0.1) is 21.2 Å². The van der Waals surface area contributed by atoms with Crippen molar-refractivity contribution in [3.8, 4) is 0 Å². The molecule has 0 aliphatic carbocycles. The van der Waals surface area contributed by atoms with E-state index in [2.05, 4.69) is 5.32 Å². The predicted octanol–water partition coefficient (Wildman–Crippen LogP) is 8.42. The third-order valence-corrected chi connectivity index (χ3v) is 10.6. The average Bonchev–Trinajstić information content (AvgIpc) is 3.06. The number of sulfonamides is 1. The molecule has 49 heavy (non-hydrogen) atoms. The van der Waals surface area contributed by atoms with E-state index in [-0.39, 0.29) is 44.5 Å². The molecule has 4 aromatic rings. The molecule has 0 spiro atoms. The summed E-state index contributed by atoms with van der Waals surface area (Å²) in [6.45, 7) is 2.30. The van der Waals surface area contributed by atoms with E-state index in [1.54, 1.807) is 61.5 Å². The van der Waals surface area contributed by atoms with Crippen LogP contribution in [0.15, 0.2) is 102 Å². The monoisotopic (exact) mass is 753 g/mol. The first kappa shape index (κ1) is 38.0. The number of nitrogens with one attached hydrogen (secondary N) is 1. The van der Waals surface area contributed by atoms with Crippen LogP contribution in [0.2, 0.25) is 15.1 Å². The minimum atomic E-state index is -4.85. The molecule has 7 nitrogen and oxygen atoms in total. The van der Waals surface area contributed by atoms with E-state index < -0.39 is 51.9 Å². The van der Waals surface area contributed by atoms with Crippen molar-refractivity contribution < 1.29 is 31.2 Å². The summed E-state index contributed by atoms with van der Waals surface area (Å²) in [6.07, 6.45) is -4.27. The molecule has 0 saturated carbocycles. The first-order chi connectivity index (χ1) is 23.1. The van der Waals surface area contributed by atoms with Crippen molar-refractivity contribution in [2.24, 2.45) is 0 Å². The highest BCUT2D eigenvalue weighted by atomic mass is 35.5. The lowest BCUT2D eigenvalue weighted by Gasteiger charge is -2.35. The van der Waals surface area contributed by atoms with E-state index in [0.717, 1.165) is 11.0 Å². The first-order valence-corrected chi connectivity index (χ1v) is 17.7. The van der Waals surface area contributed by atoms with E-state index in [1.807, 2.05) is 6.92 Å². The number of nitrogens with zero attached hydrogens (tertiary/aromatic N) is 2. The summed E-state index contributed by atoms with van der Waals surface area (Å²) < 4.78 is 70.4. The molecule has 260 valence electrons. The topological polar surface area (TPSA) is 86.8 Å². The smallest absolute Gasteiger partial charge is 0.352 e. The zero-order valence-corrected chi connectivity index (χ0v) is 29.5. The second-order valence-electron chi connectivity index (χ2n) is 11.2. The molecule has 0 bridgehead atoms. The second-order valence-corrected chi connectivity index (χ2v) is 14.3. The number of rotatable bonds is 13. The lowest BCUT2D eigenvalue weighted by molar-refractivity contribution is -0.140. The van der Waals surface area contributed by atoms with Gasteiger partial charge in [-0.2, -0.15) is 13.2 Å². The number of benzene rings is 4. The Morgan fingerprint density at radius 2 is 1.43 bits per heavy atom. The van der Waals surface area contributed by atoms with Crippen molar-refractivity contribution in [1.82, 2.24) is 10.2 Å². The molecular weight excluding hydrogens is 722 g/mol. The van der Waals surface area contributed by atoms with Gasteiger partial charge in [0.1, 0.15) is 12.6 Å².